The average molecular weight is 242 g/mol. The van der Waals surface area contributed by atoms with E-state index >= 15 is 0 Å². The molecule has 1 saturated heterocycles. The number of nitrogens with two attached hydrogens (primary N) is 1. The van der Waals surface area contributed by atoms with Crippen molar-refractivity contribution in [3.8, 4) is 0 Å². The number of hydrogen-bond donors (Lipinski definition) is 2. The van der Waals surface area contributed by atoms with Crippen molar-refractivity contribution >= 4 is 5.91 Å². The topological polar surface area (TPSA) is 61.6 Å². The van der Waals surface area contributed by atoms with Crippen LogP contribution in [0.15, 0.2) is 0 Å². The first kappa shape index (κ1) is 14.4. The molecule has 0 aromatic heterocycles. The number of hydrogen-bond acceptors (Lipinski definition) is 4. The minimum absolute atomic E-state index is 0.0656. The lowest BCUT2D eigenvalue weighted by Crippen LogP contribution is -2.43. The van der Waals surface area contributed by atoms with Crippen LogP contribution in [0.3, 0.4) is 0 Å². The van der Waals surface area contributed by atoms with Gasteiger partial charge in [-0.3, -0.25) is 4.79 Å². The maximum atomic E-state index is 11.4. The largest absolute Gasteiger partial charge is 0.359 e. The van der Waals surface area contributed by atoms with Gasteiger partial charge in [0.2, 0.25) is 5.91 Å². The van der Waals surface area contributed by atoms with Crippen LogP contribution in [0, 0.1) is 5.92 Å². The number of likely N-dealkylation sites (N-methyl/N-ethyl adjacent to an activating group) is 1. The summed E-state index contributed by atoms with van der Waals surface area (Å²) in [4.78, 5) is 16.0. The molecule has 1 aliphatic heterocycles. The van der Waals surface area contributed by atoms with Crippen LogP contribution in [0.5, 0.6) is 0 Å². The molecule has 0 bridgehead atoms. The third kappa shape index (κ3) is 4.61. The molecule has 1 amide bonds. The molecule has 0 radical (unpaired) electrons. The average Bonchev–Trinajstić information content (AvgIpc) is 2.70. The molecule has 0 aromatic carbocycles. The Morgan fingerprint density at radius 1 is 1.65 bits per heavy atom. The first-order chi connectivity index (χ1) is 8.06. The lowest BCUT2D eigenvalue weighted by molar-refractivity contribution is -0.121. The van der Waals surface area contributed by atoms with E-state index in [1.165, 1.54) is 13.0 Å². The monoisotopic (exact) mass is 242 g/mol. The number of nitrogens with one attached hydrogen (secondary N) is 1. The van der Waals surface area contributed by atoms with Gasteiger partial charge in [0.05, 0.1) is 0 Å². The molecule has 17 heavy (non-hydrogen) atoms. The Balaban J connectivity index is 2.37. The SMILES string of the molecule is CNC(=O)CC(CN)N(C)CC1CCN(C)C1. The highest BCUT2D eigenvalue weighted by atomic mass is 16.1. The normalized spacial score (nSPS) is 23.0. The van der Waals surface area contributed by atoms with Gasteiger partial charge in [-0.1, -0.05) is 0 Å². The Bertz CT molecular complexity index is 247. The number of amides is 1. The molecule has 1 fully saturated rings. The van der Waals surface area contributed by atoms with E-state index < -0.39 is 0 Å². The van der Waals surface area contributed by atoms with Crippen molar-refractivity contribution in [3.05, 3.63) is 0 Å². The van der Waals surface area contributed by atoms with E-state index in [1.54, 1.807) is 7.05 Å². The molecule has 0 spiro atoms. The van der Waals surface area contributed by atoms with Crippen LogP contribution < -0.4 is 11.1 Å². The molecule has 1 rings (SSSR count). The third-order valence-electron chi connectivity index (χ3n) is 3.63. The van der Waals surface area contributed by atoms with Gasteiger partial charge in [0, 0.05) is 39.1 Å². The van der Waals surface area contributed by atoms with Crippen LogP contribution in [0.25, 0.3) is 0 Å². The van der Waals surface area contributed by atoms with Crippen LogP contribution in [-0.4, -0.2) is 69.1 Å². The van der Waals surface area contributed by atoms with Crippen molar-refractivity contribution in [3.63, 3.8) is 0 Å². The van der Waals surface area contributed by atoms with Gasteiger partial charge >= 0.3 is 0 Å². The zero-order valence-corrected chi connectivity index (χ0v) is 11.3. The minimum Gasteiger partial charge on any atom is -0.359 e. The summed E-state index contributed by atoms with van der Waals surface area (Å²) in [6, 6.07) is 0.154. The van der Waals surface area contributed by atoms with Crippen molar-refractivity contribution in [2.75, 3.05) is 47.3 Å². The Morgan fingerprint density at radius 3 is 2.82 bits per heavy atom. The molecule has 5 heteroatoms. The van der Waals surface area contributed by atoms with Gasteiger partial charge in [-0.2, -0.15) is 0 Å². The number of carbonyl (C=O) groups excluding carboxylic acids is 1. The first-order valence-corrected chi connectivity index (χ1v) is 6.36. The van der Waals surface area contributed by atoms with E-state index in [9.17, 15) is 4.79 Å². The second kappa shape index (κ2) is 6.93. The molecule has 3 N–H and O–H groups in total. The van der Waals surface area contributed by atoms with Crippen molar-refractivity contribution in [2.45, 2.75) is 18.9 Å². The van der Waals surface area contributed by atoms with Crippen LogP contribution in [0.2, 0.25) is 0 Å². The lowest BCUT2D eigenvalue weighted by atomic mass is 10.1. The van der Waals surface area contributed by atoms with Gasteiger partial charge in [-0.05, 0) is 33.0 Å². The number of carbonyl (C=O) groups is 1. The highest BCUT2D eigenvalue weighted by molar-refractivity contribution is 5.76. The van der Waals surface area contributed by atoms with Crippen LogP contribution in [-0.2, 0) is 4.79 Å². The smallest absolute Gasteiger partial charge is 0.221 e. The van der Waals surface area contributed by atoms with E-state index in [-0.39, 0.29) is 11.9 Å². The zero-order chi connectivity index (χ0) is 12.8. The van der Waals surface area contributed by atoms with Gasteiger partial charge in [-0.25, -0.2) is 0 Å². The van der Waals surface area contributed by atoms with Crippen molar-refractivity contribution in [2.24, 2.45) is 11.7 Å². The lowest BCUT2D eigenvalue weighted by Gasteiger charge is -2.28. The van der Waals surface area contributed by atoms with E-state index in [4.69, 9.17) is 5.73 Å². The molecule has 0 aromatic rings. The second-order valence-electron chi connectivity index (χ2n) is 5.12. The Hall–Kier alpha value is -0.650. The van der Waals surface area contributed by atoms with Crippen LogP contribution in [0.4, 0.5) is 0 Å². The fourth-order valence-electron chi connectivity index (χ4n) is 2.47. The summed E-state index contributed by atoms with van der Waals surface area (Å²) in [6.07, 6.45) is 1.74. The van der Waals surface area contributed by atoms with E-state index in [0.717, 1.165) is 13.1 Å². The van der Waals surface area contributed by atoms with Gasteiger partial charge in [0.25, 0.3) is 0 Å². The summed E-state index contributed by atoms with van der Waals surface area (Å²) in [7, 11) is 5.89. The molecule has 0 aliphatic carbocycles. The predicted octanol–water partition coefficient (Wildman–Crippen LogP) is -0.667. The molecule has 1 heterocycles. The summed E-state index contributed by atoms with van der Waals surface area (Å²) < 4.78 is 0. The van der Waals surface area contributed by atoms with Crippen molar-refractivity contribution in [1.29, 1.82) is 0 Å². The van der Waals surface area contributed by atoms with E-state index in [2.05, 4.69) is 29.2 Å². The highest BCUT2D eigenvalue weighted by Crippen LogP contribution is 2.16. The fourth-order valence-corrected chi connectivity index (χ4v) is 2.47. The summed E-state index contributed by atoms with van der Waals surface area (Å²) in [6.45, 7) is 3.90. The second-order valence-corrected chi connectivity index (χ2v) is 5.12. The van der Waals surface area contributed by atoms with Crippen molar-refractivity contribution in [1.82, 2.24) is 15.1 Å². The highest BCUT2D eigenvalue weighted by Gasteiger charge is 2.24. The zero-order valence-electron chi connectivity index (χ0n) is 11.3. The molecule has 100 valence electrons. The first-order valence-electron chi connectivity index (χ1n) is 6.36. The van der Waals surface area contributed by atoms with Gasteiger partial charge in [-0.15, -0.1) is 0 Å². The number of rotatable bonds is 6. The van der Waals surface area contributed by atoms with Crippen molar-refractivity contribution < 1.29 is 4.79 Å². The van der Waals surface area contributed by atoms with Gasteiger partial charge in [0.1, 0.15) is 0 Å². The number of likely N-dealkylation sites (tertiary alicyclic amines) is 1. The molecule has 5 nitrogen and oxygen atoms in total. The maximum absolute atomic E-state index is 11.4. The van der Waals surface area contributed by atoms with Crippen LogP contribution in [0.1, 0.15) is 12.8 Å². The van der Waals surface area contributed by atoms with Gasteiger partial charge in [0.15, 0.2) is 0 Å². The Morgan fingerprint density at radius 2 is 2.35 bits per heavy atom. The summed E-state index contributed by atoms with van der Waals surface area (Å²) in [5, 5.41) is 2.66. The van der Waals surface area contributed by atoms with E-state index in [1.807, 2.05) is 0 Å². The Labute approximate surface area is 104 Å². The maximum Gasteiger partial charge on any atom is 0.221 e. The fraction of sp³-hybridized carbons (Fsp3) is 0.917. The third-order valence-corrected chi connectivity index (χ3v) is 3.63. The minimum atomic E-state index is 0.0656. The quantitative estimate of drug-likeness (QED) is 0.649. The molecule has 0 saturated carbocycles. The molecule has 1 aliphatic rings. The molecular formula is C12H26N4O. The summed E-state index contributed by atoms with van der Waals surface area (Å²) in [5.41, 5.74) is 5.75. The van der Waals surface area contributed by atoms with E-state index in [0.29, 0.717) is 18.9 Å². The predicted molar refractivity (Wildman–Crippen MR) is 69.8 cm³/mol. The molecular weight excluding hydrogens is 216 g/mol. The van der Waals surface area contributed by atoms with Crippen LogP contribution >= 0.6 is 0 Å². The molecule has 2 atom stereocenters. The molecule has 2 unspecified atom stereocenters. The van der Waals surface area contributed by atoms with Gasteiger partial charge < -0.3 is 20.9 Å². The number of nitrogens with zero attached hydrogens (tertiary/aromatic N) is 2. The Kier molecular flexibility index (Phi) is 5.88. The summed E-state index contributed by atoms with van der Waals surface area (Å²) >= 11 is 0. The summed E-state index contributed by atoms with van der Waals surface area (Å²) in [5.74, 6) is 0.777. The standard InChI is InChI=1S/C12H26N4O/c1-14-12(17)6-11(7-13)16(3)9-10-4-5-15(2)8-10/h10-11H,4-9,13H2,1-3H3,(H,14,17).